The molecule has 4 N–H and O–H groups in total. The normalized spacial score (nSPS) is 10.5. The highest BCUT2D eigenvalue weighted by Crippen LogP contribution is 2.26. The summed E-state index contributed by atoms with van der Waals surface area (Å²) >= 11 is 0. The Bertz CT molecular complexity index is 1090. The number of benzene rings is 2. The summed E-state index contributed by atoms with van der Waals surface area (Å²) in [4.78, 5) is 19.7. The zero-order valence-corrected chi connectivity index (χ0v) is 16.1. The molecule has 3 rings (SSSR count). The Morgan fingerprint density at radius 1 is 1.10 bits per heavy atom. The molecule has 0 aliphatic heterocycles. The second kappa shape index (κ2) is 8.67. The number of hydrogen-bond acceptors (Lipinski definition) is 6. The molecular formula is C22H20N6O. The molecule has 0 saturated carbocycles. The summed E-state index contributed by atoms with van der Waals surface area (Å²) in [6.07, 6.45) is 4.69. The Kier molecular flexibility index (Phi) is 5.85. The Hall–Kier alpha value is -4.18. The number of carbonyl (C=O) groups excluding carboxylic acids is 1. The summed E-state index contributed by atoms with van der Waals surface area (Å²) in [5.74, 6) is 0.601. The van der Waals surface area contributed by atoms with Crippen LogP contribution in [0, 0.1) is 25.2 Å². The molecule has 3 aromatic rings. The number of nitrogens with one attached hydrogen (secondary N) is 2. The third-order valence-corrected chi connectivity index (χ3v) is 4.17. The van der Waals surface area contributed by atoms with Crippen molar-refractivity contribution in [1.82, 2.24) is 9.97 Å². The van der Waals surface area contributed by atoms with Crippen LogP contribution in [0.1, 0.15) is 22.3 Å². The van der Waals surface area contributed by atoms with Crippen molar-refractivity contribution in [3.8, 4) is 6.07 Å². The maximum absolute atomic E-state index is 10.9. The van der Waals surface area contributed by atoms with Gasteiger partial charge in [-0.2, -0.15) is 10.2 Å². The fraction of sp³-hybridized carbons (Fsp3) is 0.0909. The molecule has 7 heteroatoms. The number of primary amides is 1. The van der Waals surface area contributed by atoms with Crippen molar-refractivity contribution < 1.29 is 4.79 Å². The van der Waals surface area contributed by atoms with E-state index in [4.69, 9.17) is 11.0 Å². The molecule has 1 heterocycles. The van der Waals surface area contributed by atoms with E-state index < -0.39 is 5.91 Å². The third-order valence-electron chi connectivity index (χ3n) is 4.17. The second-order valence-electron chi connectivity index (χ2n) is 6.47. The van der Waals surface area contributed by atoms with Crippen molar-refractivity contribution in [2.75, 3.05) is 10.6 Å². The molecule has 2 aromatic carbocycles. The van der Waals surface area contributed by atoms with Gasteiger partial charge in [0.25, 0.3) is 0 Å². The number of nitrogens with two attached hydrogens (primary N) is 1. The summed E-state index contributed by atoms with van der Waals surface area (Å²) in [5.41, 5.74) is 10.4. The first-order chi connectivity index (χ1) is 13.9. The lowest BCUT2D eigenvalue weighted by molar-refractivity contribution is -0.113. The molecule has 0 aliphatic rings. The molecule has 1 amide bonds. The molecule has 1 aromatic heterocycles. The van der Waals surface area contributed by atoms with Crippen LogP contribution in [0.2, 0.25) is 0 Å². The van der Waals surface area contributed by atoms with Gasteiger partial charge in [-0.3, -0.25) is 4.79 Å². The number of aryl methyl sites for hydroxylation is 2. The highest BCUT2D eigenvalue weighted by Gasteiger charge is 2.07. The van der Waals surface area contributed by atoms with E-state index in [0.717, 1.165) is 28.1 Å². The molecule has 0 spiro atoms. The summed E-state index contributed by atoms with van der Waals surface area (Å²) in [6, 6.07) is 14.9. The van der Waals surface area contributed by atoms with Crippen LogP contribution in [0.3, 0.4) is 0 Å². The van der Waals surface area contributed by atoms with Crippen molar-refractivity contribution in [2.24, 2.45) is 5.73 Å². The predicted octanol–water partition coefficient (Wildman–Crippen LogP) is 3.95. The molecule has 0 aliphatic carbocycles. The highest BCUT2D eigenvalue weighted by molar-refractivity contribution is 5.90. The Labute approximate surface area is 168 Å². The van der Waals surface area contributed by atoms with Crippen LogP contribution in [0.25, 0.3) is 6.08 Å². The Morgan fingerprint density at radius 2 is 1.79 bits per heavy atom. The maximum Gasteiger partial charge on any atom is 0.241 e. The van der Waals surface area contributed by atoms with Gasteiger partial charge < -0.3 is 16.4 Å². The molecule has 0 saturated heterocycles. The van der Waals surface area contributed by atoms with Crippen molar-refractivity contribution in [3.63, 3.8) is 0 Å². The van der Waals surface area contributed by atoms with Crippen LogP contribution >= 0.6 is 0 Å². The van der Waals surface area contributed by atoms with E-state index in [1.807, 2.05) is 26.0 Å². The molecule has 0 atom stereocenters. The van der Waals surface area contributed by atoms with Crippen molar-refractivity contribution >= 4 is 35.1 Å². The van der Waals surface area contributed by atoms with Crippen LogP contribution in [-0.4, -0.2) is 15.9 Å². The lowest BCUT2D eigenvalue weighted by Gasteiger charge is -2.14. The van der Waals surface area contributed by atoms with E-state index in [0.29, 0.717) is 17.3 Å². The average molecular weight is 384 g/mol. The quantitative estimate of drug-likeness (QED) is 0.554. The van der Waals surface area contributed by atoms with Gasteiger partial charge >= 0.3 is 0 Å². The van der Waals surface area contributed by atoms with Crippen molar-refractivity contribution in [1.29, 1.82) is 5.26 Å². The number of carbonyl (C=O) groups is 1. The lowest BCUT2D eigenvalue weighted by Crippen LogP contribution is -2.05. The molecule has 0 radical (unpaired) electrons. The minimum absolute atomic E-state index is 0.441. The summed E-state index contributed by atoms with van der Waals surface area (Å²) in [5, 5.41) is 15.3. The summed E-state index contributed by atoms with van der Waals surface area (Å²) < 4.78 is 0. The van der Waals surface area contributed by atoms with E-state index in [-0.39, 0.29) is 0 Å². The number of rotatable bonds is 6. The van der Waals surface area contributed by atoms with E-state index >= 15 is 0 Å². The molecule has 144 valence electrons. The van der Waals surface area contributed by atoms with Crippen molar-refractivity contribution in [3.05, 3.63) is 77.0 Å². The Morgan fingerprint density at radius 3 is 2.41 bits per heavy atom. The van der Waals surface area contributed by atoms with Gasteiger partial charge in [-0.1, -0.05) is 0 Å². The maximum atomic E-state index is 10.9. The first-order valence-corrected chi connectivity index (χ1v) is 8.90. The van der Waals surface area contributed by atoms with Gasteiger partial charge in [-0.05, 0) is 79.1 Å². The minimum Gasteiger partial charge on any atom is -0.366 e. The first kappa shape index (κ1) is 19.6. The van der Waals surface area contributed by atoms with Gasteiger partial charge in [0.15, 0.2) is 0 Å². The number of anilines is 4. The van der Waals surface area contributed by atoms with E-state index in [9.17, 15) is 4.79 Å². The fourth-order valence-corrected chi connectivity index (χ4v) is 2.84. The van der Waals surface area contributed by atoms with Crippen LogP contribution in [0.15, 0.2) is 54.7 Å². The molecule has 0 fully saturated rings. The van der Waals surface area contributed by atoms with Gasteiger partial charge in [-0.25, -0.2) is 4.98 Å². The number of amides is 1. The standard InChI is InChI=1S/C22H20N6O/c1-14-11-17(5-8-19(24)29)12-15(2)21(14)27-20-9-10-25-22(28-20)26-18-6-3-16(13-23)4-7-18/h3-12H,1-2H3,(H2,24,29)(H2,25,26,27,28)/b8-5+. The SMILES string of the molecule is Cc1cc(/C=C/C(N)=O)cc(C)c1Nc1ccnc(Nc2ccc(C#N)cc2)n1. The van der Waals surface area contributed by atoms with E-state index in [1.165, 1.54) is 6.08 Å². The van der Waals surface area contributed by atoms with Gasteiger partial charge in [-0.15, -0.1) is 0 Å². The van der Waals surface area contributed by atoms with Crippen LogP contribution in [-0.2, 0) is 4.79 Å². The van der Waals surface area contributed by atoms with Crippen LogP contribution in [0.4, 0.5) is 23.1 Å². The summed E-state index contributed by atoms with van der Waals surface area (Å²) in [7, 11) is 0. The summed E-state index contributed by atoms with van der Waals surface area (Å²) in [6.45, 7) is 3.96. The van der Waals surface area contributed by atoms with Crippen LogP contribution in [0.5, 0.6) is 0 Å². The van der Waals surface area contributed by atoms with E-state index in [1.54, 1.807) is 42.6 Å². The molecule has 29 heavy (non-hydrogen) atoms. The molecule has 7 nitrogen and oxygen atoms in total. The zero-order chi connectivity index (χ0) is 20.8. The molecule has 0 unspecified atom stereocenters. The van der Waals surface area contributed by atoms with Gasteiger partial charge in [0.1, 0.15) is 5.82 Å². The van der Waals surface area contributed by atoms with E-state index in [2.05, 4.69) is 26.7 Å². The Balaban J connectivity index is 1.79. The second-order valence-corrected chi connectivity index (χ2v) is 6.47. The fourth-order valence-electron chi connectivity index (χ4n) is 2.84. The lowest BCUT2D eigenvalue weighted by atomic mass is 10.0. The van der Waals surface area contributed by atoms with Crippen molar-refractivity contribution in [2.45, 2.75) is 13.8 Å². The largest absolute Gasteiger partial charge is 0.366 e. The molecular weight excluding hydrogens is 364 g/mol. The topological polar surface area (TPSA) is 117 Å². The van der Waals surface area contributed by atoms with Gasteiger partial charge in [0.2, 0.25) is 11.9 Å². The highest BCUT2D eigenvalue weighted by atomic mass is 16.1. The number of hydrogen-bond donors (Lipinski definition) is 3. The van der Waals surface area contributed by atoms with Gasteiger partial charge in [0.05, 0.1) is 11.6 Å². The number of nitriles is 1. The molecule has 0 bridgehead atoms. The van der Waals surface area contributed by atoms with Gasteiger partial charge in [0, 0.05) is 23.6 Å². The smallest absolute Gasteiger partial charge is 0.241 e. The average Bonchev–Trinajstić information content (AvgIpc) is 2.70. The first-order valence-electron chi connectivity index (χ1n) is 8.90. The predicted molar refractivity (Wildman–Crippen MR) is 114 cm³/mol. The third kappa shape index (κ3) is 5.17. The number of nitrogens with zero attached hydrogens (tertiary/aromatic N) is 3. The monoisotopic (exact) mass is 384 g/mol. The number of aromatic nitrogens is 2. The minimum atomic E-state index is -0.481. The van der Waals surface area contributed by atoms with Crippen LogP contribution < -0.4 is 16.4 Å². The zero-order valence-electron chi connectivity index (χ0n) is 16.1.